The minimum absolute atomic E-state index is 0.120. The third-order valence-electron chi connectivity index (χ3n) is 7.85. The molecule has 0 bridgehead atoms. The van der Waals surface area contributed by atoms with Crippen molar-refractivity contribution in [1.82, 2.24) is 0 Å². The molecule has 3 aliphatic rings. The van der Waals surface area contributed by atoms with Gasteiger partial charge in [0.05, 0.1) is 14.2 Å². The van der Waals surface area contributed by atoms with Crippen molar-refractivity contribution in [3.63, 3.8) is 0 Å². The van der Waals surface area contributed by atoms with Crippen LogP contribution in [0.3, 0.4) is 0 Å². The molecule has 2 aromatic rings. The summed E-state index contributed by atoms with van der Waals surface area (Å²) in [6.45, 7) is 1.78. The number of Topliss-reactive ketones (excluding diaryl/α,β-unsaturated/α-hetero) is 1. The van der Waals surface area contributed by atoms with Crippen molar-refractivity contribution in [2.24, 2.45) is 10.9 Å². The van der Waals surface area contributed by atoms with Gasteiger partial charge in [0, 0.05) is 29.3 Å². The Labute approximate surface area is 216 Å². The van der Waals surface area contributed by atoms with Gasteiger partial charge in [-0.25, -0.2) is 4.39 Å². The van der Waals surface area contributed by atoms with Crippen LogP contribution in [0.5, 0.6) is 11.5 Å². The van der Waals surface area contributed by atoms with Gasteiger partial charge < -0.3 is 14.2 Å². The summed E-state index contributed by atoms with van der Waals surface area (Å²) in [5.41, 5.74) is 2.87. The zero-order valence-electron chi connectivity index (χ0n) is 21.5. The summed E-state index contributed by atoms with van der Waals surface area (Å²) < 4.78 is 31.8. The molecule has 5 rings (SSSR count). The molecule has 3 atom stereocenters. The smallest absolute Gasteiger partial charge is 0.315 e. The molecule has 194 valence electrons. The maximum Gasteiger partial charge on any atom is 0.315 e. The molecule has 0 saturated heterocycles. The summed E-state index contributed by atoms with van der Waals surface area (Å²) in [5.74, 6) is -1.50. The van der Waals surface area contributed by atoms with Gasteiger partial charge >= 0.3 is 5.97 Å². The molecule has 0 spiro atoms. The first-order chi connectivity index (χ1) is 17.9. The molecule has 7 heteroatoms. The number of benzene rings is 2. The van der Waals surface area contributed by atoms with Gasteiger partial charge in [0.1, 0.15) is 17.8 Å². The highest BCUT2D eigenvalue weighted by atomic mass is 19.1. The summed E-state index contributed by atoms with van der Waals surface area (Å²) in [5, 5.41) is 0. The third kappa shape index (κ3) is 4.79. The van der Waals surface area contributed by atoms with Crippen molar-refractivity contribution in [2.45, 2.75) is 63.4 Å². The number of carbonyl (C=O) groups is 2. The molecule has 2 aromatic carbocycles. The molecule has 0 aromatic heterocycles. The SMILES string of the molecule is COc1ccc([C@H]2CC(=O)C3=C(C2)N=C(C)C(C(=O)OC2CCCC2)[C@@H]3c2ccccc2F)cc1OC. The number of ether oxygens (including phenoxy) is 3. The fourth-order valence-corrected chi connectivity index (χ4v) is 6.01. The number of esters is 1. The number of ketones is 1. The van der Waals surface area contributed by atoms with Gasteiger partial charge in [-0.3, -0.25) is 14.6 Å². The van der Waals surface area contributed by atoms with Crippen LogP contribution in [0.1, 0.15) is 68.4 Å². The van der Waals surface area contributed by atoms with E-state index in [1.54, 1.807) is 39.3 Å². The molecule has 0 radical (unpaired) electrons. The van der Waals surface area contributed by atoms with E-state index in [2.05, 4.69) is 0 Å². The molecule has 6 nitrogen and oxygen atoms in total. The average molecular weight is 506 g/mol. The molecule has 0 amide bonds. The Morgan fingerprint density at radius 2 is 1.73 bits per heavy atom. The first-order valence-corrected chi connectivity index (χ1v) is 12.9. The van der Waals surface area contributed by atoms with Gasteiger partial charge in [0.15, 0.2) is 17.3 Å². The van der Waals surface area contributed by atoms with Gasteiger partial charge in [-0.1, -0.05) is 24.3 Å². The number of hydrogen-bond acceptors (Lipinski definition) is 6. The standard InChI is InChI=1S/C30H32FNO5/c1-17-27(30(34)37-20-8-4-5-9-20)28(21-10-6-7-11-22(21)31)29-23(32-17)14-19(15-24(29)33)18-12-13-25(35-2)26(16-18)36-3/h6-7,10-13,16,19-20,27-28H,4-5,8-9,14-15H2,1-3H3/t19-,27?,28+/m1/s1. The lowest BCUT2D eigenvalue weighted by Crippen LogP contribution is -2.39. The zero-order valence-corrected chi connectivity index (χ0v) is 21.5. The minimum Gasteiger partial charge on any atom is -0.493 e. The van der Waals surface area contributed by atoms with E-state index in [1.807, 2.05) is 18.2 Å². The molecular weight excluding hydrogens is 473 g/mol. The van der Waals surface area contributed by atoms with Crippen molar-refractivity contribution in [3.05, 3.63) is 70.7 Å². The van der Waals surface area contributed by atoms with E-state index in [0.717, 1.165) is 31.2 Å². The third-order valence-corrected chi connectivity index (χ3v) is 7.85. The normalized spacial score (nSPS) is 23.9. The number of allylic oxidation sites excluding steroid dienone is 2. The van der Waals surface area contributed by atoms with E-state index < -0.39 is 23.6 Å². The molecule has 1 saturated carbocycles. The van der Waals surface area contributed by atoms with Crippen molar-refractivity contribution in [3.8, 4) is 11.5 Å². The first-order valence-electron chi connectivity index (χ1n) is 12.9. The molecule has 0 N–H and O–H groups in total. The maximum absolute atomic E-state index is 15.2. The molecule has 1 heterocycles. The van der Waals surface area contributed by atoms with Crippen LogP contribution in [-0.4, -0.2) is 37.8 Å². The molecule has 2 aliphatic carbocycles. The van der Waals surface area contributed by atoms with E-state index in [4.69, 9.17) is 19.2 Å². The Kier molecular flexibility index (Phi) is 7.13. The Morgan fingerprint density at radius 3 is 2.43 bits per heavy atom. The highest BCUT2D eigenvalue weighted by Gasteiger charge is 2.46. The quantitative estimate of drug-likeness (QED) is 0.457. The summed E-state index contributed by atoms with van der Waals surface area (Å²) in [6, 6.07) is 12.0. The number of methoxy groups -OCH3 is 2. The summed E-state index contributed by atoms with van der Waals surface area (Å²) in [7, 11) is 3.15. The maximum atomic E-state index is 15.2. The van der Waals surface area contributed by atoms with Crippen LogP contribution in [-0.2, 0) is 14.3 Å². The van der Waals surface area contributed by atoms with Crippen LogP contribution >= 0.6 is 0 Å². The molecule has 37 heavy (non-hydrogen) atoms. The fourth-order valence-electron chi connectivity index (χ4n) is 6.01. The minimum atomic E-state index is -0.835. The van der Waals surface area contributed by atoms with Crippen LogP contribution in [0.4, 0.5) is 4.39 Å². The monoisotopic (exact) mass is 505 g/mol. The Balaban J connectivity index is 1.54. The van der Waals surface area contributed by atoms with Crippen molar-refractivity contribution in [1.29, 1.82) is 0 Å². The number of halogens is 1. The van der Waals surface area contributed by atoms with Gasteiger partial charge in [-0.05, 0) is 74.3 Å². The van der Waals surface area contributed by atoms with Crippen LogP contribution < -0.4 is 9.47 Å². The highest BCUT2D eigenvalue weighted by molar-refractivity contribution is 6.09. The van der Waals surface area contributed by atoms with Crippen LogP contribution in [0.2, 0.25) is 0 Å². The topological polar surface area (TPSA) is 74.2 Å². The summed E-state index contributed by atoms with van der Waals surface area (Å²) in [4.78, 5) is 32.0. The first kappa shape index (κ1) is 25.2. The second kappa shape index (κ2) is 10.5. The number of hydrogen-bond donors (Lipinski definition) is 0. The van der Waals surface area contributed by atoms with Crippen molar-refractivity contribution >= 4 is 17.5 Å². The van der Waals surface area contributed by atoms with E-state index >= 15 is 4.39 Å². The number of nitrogens with zero attached hydrogens (tertiary/aromatic N) is 1. The second-order valence-corrected chi connectivity index (χ2v) is 10.1. The van der Waals surface area contributed by atoms with E-state index in [0.29, 0.717) is 40.5 Å². The Morgan fingerprint density at radius 1 is 1.00 bits per heavy atom. The lowest BCUT2D eigenvalue weighted by Gasteiger charge is -2.37. The Bertz CT molecular complexity index is 1280. The second-order valence-electron chi connectivity index (χ2n) is 10.1. The van der Waals surface area contributed by atoms with Crippen molar-refractivity contribution < 1.29 is 28.2 Å². The number of aliphatic imine (C=N–C) groups is 1. The van der Waals surface area contributed by atoms with Crippen LogP contribution in [0.15, 0.2) is 58.7 Å². The van der Waals surface area contributed by atoms with Gasteiger partial charge in [0.25, 0.3) is 0 Å². The lowest BCUT2D eigenvalue weighted by atomic mass is 9.69. The molecule has 1 fully saturated rings. The lowest BCUT2D eigenvalue weighted by molar-refractivity contribution is -0.151. The summed E-state index contributed by atoms with van der Waals surface area (Å²) in [6.07, 6.45) is 4.32. The largest absolute Gasteiger partial charge is 0.493 e. The predicted molar refractivity (Wildman–Crippen MR) is 138 cm³/mol. The fraction of sp³-hybridized carbons (Fsp3) is 0.433. The van der Waals surface area contributed by atoms with Gasteiger partial charge in [0.2, 0.25) is 0 Å². The van der Waals surface area contributed by atoms with Crippen LogP contribution in [0.25, 0.3) is 0 Å². The predicted octanol–water partition coefficient (Wildman–Crippen LogP) is 5.90. The van der Waals surface area contributed by atoms with E-state index in [1.165, 1.54) is 6.07 Å². The van der Waals surface area contributed by atoms with Crippen molar-refractivity contribution in [2.75, 3.05) is 14.2 Å². The summed E-state index contributed by atoms with van der Waals surface area (Å²) >= 11 is 0. The molecule has 1 aliphatic heterocycles. The van der Waals surface area contributed by atoms with E-state index in [9.17, 15) is 9.59 Å². The molecular formula is C30H32FNO5. The highest BCUT2D eigenvalue weighted by Crippen LogP contribution is 2.48. The molecule has 1 unspecified atom stereocenters. The van der Waals surface area contributed by atoms with Crippen LogP contribution in [0, 0.1) is 11.7 Å². The zero-order chi connectivity index (χ0) is 26.1. The average Bonchev–Trinajstić information content (AvgIpc) is 3.40. The Hall–Kier alpha value is -3.48. The van der Waals surface area contributed by atoms with Gasteiger partial charge in [-0.15, -0.1) is 0 Å². The van der Waals surface area contributed by atoms with Gasteiger partial charge in [-0.2, -0.15) is 0 Å². The number of carbonyl (C=O) groups excluding carboxylic acids is 2. The number of rotatable bonds is 6. The van der Waals surface area contributed by atoms with E-state index in [-0.39, 0.29) is 24.2 Å².